The zero-order valence-electron chi connectivity index (χ0n) is 17.2. The van der Waals surface area contributed by atoms with Gasteiger partial charge >= 0.3 is 0 Å². The number of fused-ring (bicyclic) bond motifs is 1. The highest BCUT2D eigenvalue weighted by Gasteiger charge is 2.17. The van der Waals surface area contributed by atoms with Gasteiger partial charge in [-0.05, 0) is 56.6 Å². The Morgan fingerprint density at radius 2 is 1.93 bits per heavy atom. The third-order valence-electron chi connectivity index (χ3n) is 5.52. The first-order valence-electron chi connectivity index (χ1n) is 10.5. The fourth-order valence-electron chi connectivity index (χ4n) is 3.95. The van der Waals surface area contributed by atoms with Crippen LogP contribution in [0.2, 0.25) is 0 Å². The van der Waals surface area contributed by atoms with Gasteiger partial charge in [0.2, 0.25) is 0 Å². The quantitative estimate of drug-likeness (QED) is 0.545. The van der Waals surface area contributed by atoms with Gasteiger partial charge in [0.25, 0.3) is 0 Å². The number of aromatic nitrogens is 2. The Balaban J connectivity index is 1.18. The molecule has 0 aliphatic carbocycles. The van der Waals surface area contributed by atoms with E-state index in [1.165, 1.54) is 12.1 Å². The summed E-state index contributed by atoms with van der Waals surface area (Å²) in [6, 6.07) is 14.3. The van der Waals surface area contributed by atoms with Crippen molar-refractivity contribution in [3.8, 4) is 11.5 Å². The van der Waals surface area contributed by atoms with Gasteiger partial charge in [0.1, 0.15) is 11.5 Å². The fourth-order valence-corrected chi connectivity index (χ4v) is 3.95. The second-order valence-electron chi connectivity index (χ2n) is 7.47. The van der Waals surface area contributed by atoms with E-state index in [-0.39, 0.29) is 0 Å². The number of pyridine rings is 1. The fraction of sp³-hybridized carbons (Fsp3) is 0.435. The molecule has 0 bridgehead atoms. The summed E-state index contributed by atoms with van der Waals surface area (Å²) in [6.45, 7) is 6.26. The Hall–Kier alpha value is -2.73. The van der Waals surface area contributed by atoms with Crippen LogP contribution < -0.4 is 14.4 Å². The van der Waals surface area contributed by atoms with Gasteiger partial charge in [-0.15, -0.1) is 0 Å². The maximum Gasteiger partial charge on any atom is 0.142 e. The van der Waals surface area contributed by atoms with E-state index in [0.717, 1.165) is 69.2 Å². The first-order valence-corrected chi connectivity index (χ1v) is 10.5. The van der Waals surface area contributed by atoms with Crippen molar-refractivity contribution in [1.29, 1.82) is 0 Å². The Bertz CT molecular complexity index is 911. The lowest BCUT2D eigenvalue weighted by Crippen LogP contribution is -2.31. The van der Waals surface area contributed by atoms with Gasteiger partial charge in [-0.1, -0.05) is 12.1 Å². The van der Waals surface area contributed by atoms with Crippen LogP contribution in [-0.4, -0.2) is 61.0 Å². The molecule has 4 rings (SSSR count). The Morgan fingerprint density at radius 3 is 2.86 bits per heavy atom. The van der Waals surface area contributed by atoms with E-state index in [4.69, 9.17) is 9.47 Å². The highest BCUT2D eigenvalue weighted by Crippen LogP contribution is 2.28. The molecule has 0 amide bonds. The maximum atomic E-state index is 5.92. The molecule has 1 fully saturated rings. The minimum Gasteiger partial charge on any atom is -0.495 e. The van der Waals surface area contributed by atoms with Crippen LogP contribution in [0.3, 0.4) is 0 Å². The molecule has 154 valence electrons. The molecule has 0 unspecified atom stereocenters. The molecule has 1 aromatic carbocycles. The second kappa shape index (κ2) is 9.65. The molecule has 0 N–H and O–H groups in total. The Labute approximate surface area is 172 Å². The van der Waals surface area contributed by atoms with Crippen molar-refractivity contribution in [3.05, 3.63) is 54.9 Å². The number of nitrogens with zero attached hydrogens (tertiary/aromatic N) is 4. The van der Waals surface area contributed by atoms with Crippen molar-refractivity contribution in [1.82, 2.24) is 14.5 Å². The molecule has 0 atom stereocenters. The van der Waals surface area contributed by atoms with Gasteiger partial charge in [-0.3, -0.25) is 0 Å². The molecule has 0 spiro atoms. The van der Waals surface area contributed by atoms with E-state index in [2.05, 4.69) is 27.0 Å². The number of rotatable bonds is 8. The van der Waals surface area contributed by atoms with E-state index in [1.807, 2.05) is 41.0 Å². The van der Waals surface area contributed by atoms with Crippen molar-refractivity contribution in [2.24, 2.45) is 0 Å². The number of ether oxygens (including phenoxy) is 2. The molecular weight excluding hydrogens is 364 g/mol. The summed E-state index contributed by atoms with van der Waals surface area (Å²) in [6.07, 6.45) is 7.14. The summed E-state index contributed by atoms with van der Waals surface area (Å²) in [5.41, 5.74) is 2.27. The number of benzene rings is 1. The lowest BCUT2D eigenvalue weighted by molar-refractivity contribution is 0.261. The predicted octanol–water partition coefficient (Wildman–Crippen LogP) is 3.71. The maximum absolute atomic E-state index is 5.92. The zero-order chi connectivity index (χ0) is 19.9. The number of hydrogen-bond acceptors (Lipinski definition) is 5. The standard InChI is InChI=1S/C23H30N4O2/c1-28-23-8-3-2-7-22(23)26-14-6-13-25(16-17-26)12-4-5-18-29-21-10-15-27-20(19-21)9-11-24-27/h2-3,7-11,15,19H,4-6,12-14,16-18H2,1H3. The summed E-state index contributed by atoms with van der Waals surface area (Å²) in [5, 5.41) is 4.21. The minimum atomic E-state index is 0.755. The third-order valence-corrected chi connectivity index (χ3v) is 5.52. The lowest BCUT2D eigenvalue weighted by atomic mass is 10.2. The Kier molecular flexibility index (Phi) is 6.52. The second-order valence-corrected chi connectivity index (χ2v) is 7.47. The largest absolute Gasteiger partial charge is 0.495 e. The zero-order valence-corrected chi connectivity index (χ0v) is 17.2. The third kappa shape index (κ3) is 5.01. The molecule has 2 aromatic heterocycles. The number of para-hydroxylation sites is 2. The molecule has 29 heavy (non-hydrogen) atoms. The minimum absolute atomic E-state index is 0.755. The first-order chi connectivity index (χ1) is 14.3. The van der Waals surface area contributed by atoms with Crippen molar-refractivity contribution < 1.29 is 9.47 Å². The van der Waals surface area contributed by atoms with E-state index in [0.29, 0.717) is 0 Å². The van der Waals surface area contributed by atoms with E-state index >= 15 is 0 Å². The van der Waals surface area contributed by atoms with Crippen molar-refractivity contribution in [3.63, 3.8) is 0 Å². The molecule has 3 aromatic rings. The molecular formula is C23H30N4O2. The van der Waals surface area contributed by atoms with Crippen molar-refractivity contribution in [2.75, 3.05) is 51.3 Å². The average molecular weight is 395 g/mol. The predicted molar refractivity (Wildman–Crippen MR) is 116 cm³/mol. The summed E-state index contributed by atoms with van der Waals surface area (Å²) >= 11 is 0. The normalized spacial score (nSPS) is 15.4. The molecule has 6 heteroatoms. The number of methoxy groups -OCH3 is 1. The van der Waals surface area contributed by atoms with Crippen LogP contribution in [0.4, 0.5) is 5.69 Å². The van der Waals surface area contributed by atoms with E-state index in [9.17, 15) is 0 Å². The topological polar surface area (TPSA) is 42.2 Å². The number of unbranched alkanes of at least 4 members (excludes halogenated alkanes) is 1. The smallest absolute Gasteiger partial charge is 0.142 e. The lowest BCUT2D eigenvalue weighted by Gasteiger charge is -2.25. The summed E-state index contributed by atoms with van der Waals surface area (Å²) < 4.78 is 13.3. The first kappa shape index (κ1) is 19.6. The average Bonchev–Trinajstić information content (AvgIpc) is 3.10. The van der Waals surface area contributed by atoms with Gasteiger partial charge in [0.05, 0.1) is 24.9 Å². The van der Waals surface area contributed by atoms with Gasteiger partial charge in [0.15, 0.2) is 0 Å². The van der Waals surface area contributed by atoms with E-state index < -0.39 is 0 Å². The SMILES string of the molecule is COc1ccccc1N1CCCN(CCCCOc2ccn3nccc3c2)CC1. The van der Waals surface area contributed by atoms with Crippen molar-refractivity contribution >= 4 is 11.2 Å². The molecule has 0 saturated carbocycles. The van der Waals surface area contributed by atoms with Crippen LogP contribution in [0.5, 0.6) is 11.5 Å². The molecule has 0 radical (unpaired) electrons. The van der Waals surface area contributed by atoms with Crippen LogP contribution in [0.1, 0.15) is 19.3 Å². The van der Waals surface area contributed by atoms with Gasteiger partial charge in [-0.2, -0.15) is 5.10 Å². The van der Waals surface area contributed by atoms with Gasteiger partial charge < -0.3 is 19.3 Å². The molecule has 1 aliphatic heterocycles. The highest BCUT2D eigenvalue weighted by atomic mass is 16.5. The molecule has 1 saturated heterocycles. The summed E-state index contributed by atoms with van der Waals surface area (Å²) in [4.78, 5) is 5.03. The van der Waals surface area contributed by atoms with Crippen LogP contribution in [-0.2, 0) is 0 Å². The molecule has 1 aliphatic rings. The summed E-state index contributed by atoms with van der Waals surface area (Å²) in [5.74, 6) is 1.88. The molecule has 3 heterocycles. The Morgan fingerprint density at radius 1 is 1.00 bits per heavy atom. The summed E-state index contributed by atoms with van der Waals surface area (Å²) in [7, 11) is 1.75. The van der Waals surface area contributed by atoms with Gasteiger partial charge in [-0.25, -0.2) is 4.52 Å². The van der Waals surface area contributed by atoms with Crippen LogP contribution in [0, 0.1) is 0 Å². The van der Waals surface area contributed by atoms with Crippen LogP contribution in [0.15, 0.2) is 54.9 Å². The number of anilines is 1. The monoisotopic (exact) mass is 394 g/mol. The van der Waals surface area contributed by atoms with Crippen LogP contribution in [0.25, 0.3) is 5.52 Å². The van der Waals surface area contributed by atoms with Crippen LogP contribution >= 0.6 is 0 Å². The molecule has 6 nitrogen and oxygen atoms in total. The van der Waals surface area contributed by atoms with E-state index in [1.54, 1.807) is 13.3 Å². The number of hydrogen-bond donors (Lipinski definition) is 0. The highest BCUT2D eigenvalue weighted by molar-refractivity contribution is 5.58. The van der Waals surface area contributed by atoms with Crippen molar-refractivity contribution in [2.45, 2.75) is 19.3 Å². The van der Waals surface area contributed by atoms with Gasteiger partial charge in [0, 0.05) is 38.1 Å².